The van der Waals surface area contributed by atoms with E-state index >= 15 is 0 Å². The number of nitrogens with zero attached hydrogens (tertiary/aromatic N) is 4. The van der Waals surface area contributed by atoms with Crippen LogP contribution in [-0.2, 0) is 17.6 Å². The smallest absolute Gasteiger partial charge is 0.311 e. The largest absolute Gasteiger partial charge is 0.481 e. The van der Waals surface area contributed by atoms with Crippen LogP contribution < -0.4 is 0 Å². The number of aryl methyl sites for hydroxylation is 1. The molecule has 0 aliphatic rings. The predicted molar refractivity (Wildman–Crippen MR) is 76.9 cm³/mol. The molecule has 0 saturated carbocycles. The highest BCUT2D eigenvalue weighted by molar-refractivity contribution is 5.69. The summed E-state index contributed by atoms with van der Waals surface area (Å²) in [4.78, 5) is 10.8. The molecule has 0 fully saturated rings. The lowest BCUT2D eigenvalue weighted by Gasteiger charge is -2.03. The summed E-state index contributed by atoms with van der Waals surface area (Å²) in [6, 6.07) is 11.8. The Hall–Kier alpha value is -2.76. The van der Waals surface area contributed by atoms with Gasteiger partial charge in [-0.25, -0.2) is 0 Å². The molecule has 106 valence electrons. The van der Waals surface area contributed by atoms with Gasteiger partial charge in [0.15, 0.2) is 11.5 Å². The third-order valence-electron chi connectivity index (χ3n) is 3.29. The topological polar surface area (TPSA) is 80.4 Å². The molecule has 1 aromatic carbocycles. The summed E-state index contributed by atoms with van der Waals surface area (Å²) in [5, 5.41) is 21.1. The minimum atomic E-state index is -0.955. The van der Waals surface area contributed by atoms with Crippen molar-refractivity contribution in [3.63, 3.8) is 0 Å². The maximum atomic E-state index is 10.8. The second-order valence-corrected chi connectivity index (χ2v) is 4.73. The minimum absolute atomic E-state index is 0.202. The summed E-state index contributed by atoms with van der Waals surface area (Å²) in [5.74, 6) is -0.631. The summed E-state index contributed by atoms with van der Waals surface area (Å²) in [6.07, 6.45) is 0.785. The molecular formula is C15H14N4O2. The zero-order valence-corrected chi connectivity index (χ0v) is 11.5. The molecule has 0 amide bonds. The lowest BCUT2D eigenvalue weighted by molar-refractivity contribution is -0.136. The molecule has 0 saturated heterocycles. The Morgan fingerprint density at radius 2 is 1.90 bits per heavy atom. The summed E-state index contributed by atoms with van der Waals surface area (Å²) < 4.78 is 1.48. The first-order chi connectivity index (χ1) is 10.2. The normalized spacial score (nSPS) is 10.9. The number of carboxylic acid groups (broad SMARTS) is 1. The molecule has 0 aliphatic heterocycles. The highest BCUT2D eigenvalue weighted by Gasteiger charge is 2.11. The van der Waals surface area contributed by atoms with Crippen molar-refractivity contribution in [3.05, 3.63) is 47.8 Å². The molecule has 0 radical (unpaired) electrons. The van der Waals surface area contributed by atoms with Crippen molar-refractivity contribution in [2.75, 3.05) is 0 Å². The molecule has 6 heteroatoms. The lowest BCUT2D eigenvalue weighted by Crippen LogP contribution is -2.07. The summed E-state index contributed by atoms with van der Waals surface area (Å²) in [6.45, 7) is 2.11. The monoisotopic (exact) mass is 282 g/mol. The van der Waals surface area contributed by atoms with E-state index in [1.165, 1.54) is 10.1 Å². The van der Waals surface area contributed by atoms with E-state index in [0.29, 0.717) is 11.5 Å². The van der Waals surface area contributed by atoms with E-state index in [0.717, 1.165) is 17.7 Å². The van der Waals surface area contributed by atoms with Gasteiger partial charge in [0.2, 0.25) is 0 Å². The molecule has 0 atom stereocenters. The van der Waals surface area contributed by atoms with Crippen molar-refractivity contribution in [1.82, 2.24) is 19.8 Å². The fraction of sp³-hybridized carbons (Fsp3) is 0.200. The fourth-order valence-corrected chi connectivity index (χ4v) is 2.14. The second kappa shape index (κ2) is 5.32. The van der Waals surface area contributed by atoms with Crippen molar-refractivity contribution >= 4 is 11.6 Å². The van der Waals surface area contributed by atoms with Crippen molar-refractivity contribution in [2.24, 2.45) is 0 Å². The first-order valence-electron chi connectivity index (χ1n) is 6.70. The highest BCUT2D eigenvalue weighted by atomic mass is 16.4. The van der Waals surface area contributed by atoms with Crippen LogP contribution in [0.4, 0.5) is 0 Å². The SMILES string of the molecule is CCc1ccc(-c2ccc3nnc(CC(=O)O)n3n2)cc1. The lowest BCUT2D eigenvalue weighted by atomic mass is 10.1. The number of benzene rings is 1. The van der Waals surface area contributed by atoms with Crippen molar-refractivity contribution in [3.8, 4) is 11.3 Å². The zero-order chi connectivity index (χ0) is 14.8. The van der Waals surface area contributed by atoms with E-state index < -0.39 is 5.97 Å². The van der Waals surface area contributed by atoms with Gasteiger partial charge >= 0.3 is 5.97 Å². The van der Waals surface area contributed by atoms with E-state index in [9.17, 15) is 4.79 Å². The molecule has 0 bridgehead atoms. The van der Waals surface area contributed by atoms with Crippen LogP contribution in [0.3, 0.4) is 0 Å². The number of carboxylic acids is 1. The average Bonchev–Trinajstić information content (AvgIpc) is 2.89. The Morgan fingerprint density at radius 3 is 2.57 bits per heavy atom. The van der Waals surface area contributed by atoms with Gasteiger partial charge in [-0.05, 0) is 24.1 Å². The van der Waals surface area contributed by atoms with Crippen molar-refractivity contribution in [2.45, 2.75) is 19.8 Å². The van der Waals surface area contributed by atoms with Crippen LogP contribution in [0.15, 0.2) is 36.4 Å². The fourth-order valence-electron chi connectivity index (χ4n) is 2.14. The van der Waals surface area contributed by atoms with E-state index in [1.54, 1.807) is 6.07 Å². The Bertz CT molecular complexity index is 793. The number of hydrogen-bond acceptors (Lipinski definition) is 4. The van der Waals surface area contributed by atoms with Crippen LogP contribution in [0.25, 0.3) is 16.9 Å². The van der Waals surface area contributed by atoms with Crippen LogP contribution in [0, 0.1) is 0 Å². The van der Waals surface area contributed by atoms with Gasteiger partial charge in [0.25, 0.3) is 0 Å². The first kappa shape index (κ1) is 13.2. The molecule has 3 aromatic rings. The molecule has 0 spiro atoms. The van der Waals surface area contributed by atoms with Crippen LogP contribution in [-0.4, -0.2) is 30.9 Å². The number of aliphatic carboxylic acids is 1. The second-order valence-electron chi connectivity index (χ2n) is 4.73. The molecule has 2 aromatic heterocycles. The molecule has 21 heavy (non-hydrogen) atoms. The highest BCUT2D eigenvalue weighted by Crippen LogP contribution is 2.18. The molecule has 3 rings (SSSR count). The van der Waals surface area contributed by atoms with E-state index in [2.05, 4.69) is 34.4 Å². The third-order valence-corrected chi connectivity index (χ3v) is 3.29. The number of carbonyl (C=O) groups is 1. The Balaban J connectivity index is 2.04. The number of hydrogen-bond donors (Lipinski definition) is 1. The summed E-state index contributed by atoms with van der Waals surface area (Å²) in [7, 11) is 0. The Labute approximate surface area is 121 Å². The standard InChI is InChI=1S/C15H14N4O2/c1-2-10-3-5-11(6-4-10)12-7-8-13-16-17-14(9-15(20)21)19(13)18-12/h3-8H,2,9H2,1H3,(H,20,21). The zero-order valence-electron chi connectivity index (χ0n) is 11.5. The van der Waals surface area contributed by atoms with Gasteiger partial charge in [-0.15, -0.1) is 10.2 Å². The minimum Gasteiger partial charge on any atom is -0.481 e. The molecule has 6 nitrogen and oxygen atoms in total. The maximum absolute atomic E-state index is 10.8. The van der Waals surface area contributed by atoms with Crippen LogP contribution >= 0.6 is 0 Å². The third kappa shape index (κ3) is 2.60. The molecule has 2 heterocycles. The molecular weight excluding hydrogens is 268 g/mol. The van der Waals surface area contributed by atoms with Gasteiger partial charge < -0.3 is 5.11 Å². The van der Waals surface area contributed by atoms with E-state index in [1.807, 2.05) is 18.2 Å². The Kier molecular flexibility index (Phi) is 3.35. The van der Waals surface area contributed by atoms with E-state index in [-0.39, 0.29) is 6.42 Å². The molecule has 0 unspecified atom stereocenters. The van der Waals surface area contributed by atoms with Gasteiger partial charge in [0.1, 0.15) is 6.42 Å². The number of rotatable bonds is 4. The van der Waals surface area contributed by atoms with Gasteiger partial charge in [0.05, 0.1) is 5.69 Å². The quantitative estimate of drug-likeness (QED) is 0.791. The molecule has 1 N–H and O–H groups in total. The molecule has 0 aliphatic carbocycles. The van der Waals surface area contributed by atoms with Crippen molar-refractivity contribution in [1.29, 1.82) is 0 Å². The average molecular weight is 282 g/mol. The predicted octanol–water partition coefficient (Wildman–Crippen LogP) is 1.98. The van der Waals surface area contributed by atoms with Crippen LogP contribution in [0.5, 0.6) is 0 Å². The van der Waals surface area contributed by atoms with Crippen molar-refractivity contribution < 1.29 is 9.90 Å². The van der Waals surface area contributed by atoms with Gasteiger partial charge in [0, 0.05) is 5.56 Å². The summed E-state index contributed by atoms with van der Waals surface area (Å²) in [5.41, 5.74) is 3.54. The van der Waals surface area contributed by atoms with Gasteiger partial charge in [-0.1, -0.05) is 31.2 Å². The summed E-state index contributed by atoms with van der Waals surface area (Å²) >= 11 is 0. The van der Waals surface area contributed by atoms with Crippen LogP contribution in [0.2, 0.25) is 0 Å². The van der Waals surface area contributed by atoms with Crippen LogP contribution in [0.1, 0.15) is 18.3 Å². The first-order valence-corrected chi connectivity index (χ1v) is 6.70. The number of fused-ring (bicyclic) bond motifs is 1. The maximum Gasteiger partial charge on any atom is 0.311 e. The van der Waals surface area contributed by atoms with Gasteiger partial charge in [-0.3, -0.25) is 4.79 Å². The van der Waals surface area contributed by atoms with Gasteiger partial charge in [-0.2, -0.15) is 9.61 Å². The Morgan fingerprint density at radius 1 is 1.14 bits per heavy atom. The number of aromatic nitrogens is 4. The van der Waals surface area contributed by atoms with E-state index in [4.69, 9.17) is 5.11 Å².